The van der Waals surface area contributed by atoms with Crippen LogP contribution < -0.4 is 31.1 Å². The van der Waals surface area contributed by atoms with Gasteiger partial charge in [-0.15, -0.1) is 0 Å². The smallest absolute Gasteiger partial charge is 0.320 e. The number of urea groups is 1. The first kappa shape index (κ1) is 39.2. The van der Waals surface area contributed by atoms with Crippen LogP contribution in [0.3, 0.4) is 0 Å². The van der Waals surface area contributed by atoms with Gasteiger partial charge in [0, 0.05) is 103 Å². The summed E-state index contributed by atoms with van der Waals surface area (Å²) in [5, 5.41) is 5.52. The molecule has 0 spiro atoms. The number of nitrogens with two attached hydrogens (primary N) is 1. The van der Waals surface area contributed by atoms with Crippen molar-refractivity contribution in [2.24, 2.45) is 11.7 Å². The lowest BCUT2D eigenvalue weighted by atomic mass is 10.0. The zero-order chi connectivity index (χ0) is 41.7. The summed E-state index contributed by atoms with van der Waals surface area (Å²) in [6, 6.07) is 12.6. The molecule has 0 radical (unpaired) electrons. The van der Waals surface area contributed by atoms with Crippen molar-refractivity contribution in [2.75, 3.05) is 99.1 Å². The minimum atomic E-state index is -0.980. The fourth-order valence-electron chi connectivity index (χ4n) is 9.54. The van der Waals surface area contributed by atoms with E-state index in [2.05, 4.69) is 47.3 Å². The van der Waals surface area contributed by atoms with Crippen molar-refractivity contribution in [1.82, 2.24) is 34.9 Å². The highest BCUT2D eigenvalue weighted by molar-refractivity contribution is 6.23. The molecule has 5 saturated heterocycles. The van der Waals surface area contributed by atoms with Crippen molar-refractivity contribution in [3.8, 4) is 0 Å². The van der Waals surface area contributed by atoms with Crippen LogP contribution in [0.4, 0.5) is 33.5 Å². The molecule has 4 N–H and O–H groups in total. The first-order valence-electron chi connectivity index (χ1n) is 20.9. The molecule has 5 fully saturated rings. The topological polar surface area (TPSA) is 201 Å². The Balaban J connectivity index is 0.771. The van der Waals surface area contributed by atoms with Gasteiger partial charge in [0.25, 0.3) is 17.7 Å². The molecule has 0 saturated carbocycles. The number of carbonyl (C=O) groups excluding carboxylic acids is 6. The van der Waals surface area contributed by atoms with Gasteiger partial charge in [-0.2, -0.15) is 0 Å². The van der Waals surface area contributed by atoms with Crippen LogP contribution in [-0.4, -0.2) is 156 Å². The van der Waals surface area contributed by atoms with E-state index in [0.717, 1.165) is 100 Å². The first-order chi connectivity index (χ1) is 29.0. The minimum absolute atomic E-state index is 0.0561. The van der Waals surface area contributed by atoms with E-state index in [9.17, 15) is 28.8 Å². The highest BCUT2D eigenvalue weighted by atomic mass is 16.2. The summed E-state index contributed by atoms with van der Waals surface area (Å²) >= 11 is 0. The third kappa shape index (κ3) is 7.55. The average Bonchev–Trinajstić information content (AvgIpc) is 3.93. The molecule has 1 unspecified atom stereocenters. The molecule has 3 atom stereocenters. The van der Waals surface area contributed by atoms with Gasteiger partial charge in [-0.25, -0.2) is 14.8 Å². The van der Waals surface area contributed by atoms with Crippen molar-refractivity contribution in [3.05, 3.63) is 65.5 Å². The van der Waals surface area contributed by atoms with E-state index in [1.54, 1.807) is 23.2 Å². The van der Waals surface area contributed by atoms with Gasteiger partial charge in [-0.05, 0) is 74.1 Å². The lowest BCUT2D eigenvalue weighted by Gasteiger charge is -2.37. The molecule has 3 aromatic rings. The number of primary amides is 1. The lowest BCUT2D eigenvalue weighted by Crippen LogP contribution is -2.54. The van der Waals surface area contributed by atoms with Gasteiger partial charge < -0.3 is 35.6 Å². The number of likely N-dealkylation sites (N-methyl/N-ethyl adjacent to an activating group) is 1. The predicted octanol–water partition coefficient (Wildman–Crippen LogP) is 1.71. The molecule has 7 amide bonds. The maximum atomic E-state index is 13.4. The molecule has 0 bridgehead atoms. The average molecular weight is 819 g/mol. The summed E-state index contributed by atoms with van der Waals surface area (Å²) in [7, 11) is 1.83. The summed E-state index contributed by atoms with van der Waals surface area (Å²) in [6.45, 7) is 9.11. The normalized spacial score (nSPS) is 23.8. The maximum absolute atomic E-state index is 13.4. The van der Waals surface area contributed by atoms with Crippen LogP contribution in [0.2, 0.25) is 0 Å². The zero-order valence-electron chi connectivity index (χ0n) is 33.7. The lowest BCUT2D eigenvalue weighted by molar-refractivity contribution is -0.136. The molecule has 314 valence electrons. The minimum Gasteiger partial charge on any atom is -0.371 e. The number of benzene rings is 2. The molecule has 18 nitrogen and oxygen atoms in total. The monoisotopic (exact) mass is 818 g/mol. The van der Waals surface area contributed by atoms with E-state index in [0.29, 0.717) is 41.8 Å². The second-order valence-electron chi connectivity index (χ2n) is 16.7. The van der Waals surface area contributed by atoms with Crippen LogP contribution in [0.5, 0.6) is 0 Å². The largest absolute Gasteiger partial charge is 0.371 e. The summed E-state index contributed by atoms with van der Waals surface area (Å²) < 4.78 is 0. The van der Waals surface area contributed by atoms with Gasteiger partial charge in [0.2, 0.25) is 11.8 Å². The standard InChI is InChI=1S/C42H50N12O6/c1-48-15-20-53(42(48)60)30-3-2-13-52(25-30)34-22-44-36(37(43)56)38(46-34)45-27-4-6-28(7-5-27)50-18-16-49(17-19-50)23-26-12-14-51(24-26)29-8-9-31-32(21-29)41(59)54(40(31)58)33-10-11-35(55)47-39(33)57/h4-9,21-22,26,30,33H,2-3,10-20,23-25H2,1H3,(H2,43,56)(H,45,46)(H,47,55,57)/t26-,30+,33?/m0/s1. The zero-order valence-corrected chi connectivity index (χ0v) is 33.7. The van der Waals surface area contributed by atoms with Gasteiger partial charge in [-0.3, -0.25) is 39.1 Å². The highest BCUT2D eigenvalue weighted by Gasteiger charge is 2.45. The molecule has 6 aliphatic rings. The van der Waals surface area contributed by atoms with E-state index >= 15 is 0 Å². The number of amides is 7. The van der Waals surface area contributed by atoms with Crippen LogP contribution in [0.25, 0.3) is 0 Å². The number of piperidine rings is 2. The van der Waals surface area contributed by atoms with E-state index in [1.165, 1.54) is 0 Å². The number of fused-ring (bicyclic) bond motifs is 1. The van der Waals surface area contributed by atoms with E-state index in [-0.39, 0.29) is 30.6 Å². The molecular weight excluding hydrogens is 769 g/mol. The van der Waals surface area contributed by atoms with Crippen LogP contribution in [0.1, 0.15) is 63.3 Å². The van der Waals surface area contributed by atoms with E-state index in [1.807, 2.05) is 30.1 Å². The SMILES string of the molecule is CN1CCN([C@@H]2CCCN(c3cnc(C(N)=O)c(Nc4ccc(N5CCN(C[C@@H]6CCN(c7ccc8c(c7)C(=O)N(C7CCC(=O)NC7=O)C8=O)C6)CC5)cc4)n3)C2)C1=O. The second kappa shape index (κ2) is 16.0. The number of nitrogens with zero attached hydrogens (tertiary/aromatic N) is 9. The Labute approximate surface area is 347 Å². The molecule has 18 heteroatoms. The number of imide groups is 2. The highest BCUT2D eigenvalue weighted by Crippen LogP contribution is 2.33. The Morgan fingerprint density at radius 2 is 1.58 bits per heavy atom. The van der Waals surface area contributed by atoms with Gasteiger partial charge in [0.1, 0.15) is 11.9 Å². The Kier molecular flexibility index (Phi) is 10.5. The van der Waals surface area contributed by atoms with Crippen molar-refractivity contribution in [2.45, 2.75) is 44.2 Å². The maximum Gasteiger partial charge on any atom is 0.320 e. The molecule has 7 heterocycles. The molecular formula is C42H50N12O6. The summed E-state index contributed by atoms with van der Waals surface area (Å²) in [6.07, 6.45) is 4.66. The van der Waals surface area contributed by atoms with E-state index in [4.69, 9.17) is 10.7 Å². The van der Waals surface area contributed by atoms with Gasteiger partial charge >= 0.3 is 6.03 Å². The molecule has 9 rings (SSSR count). The Hall–Kier alpha value is -6.30. The number of rotatable bonds is 10. The fraction of sp³-hybridized carbons (Fsp3) is 0.476. The van der Waals surface area contributed by atoms with Crippen molar-refractivity contribution in [1.29, 1.82) is 0 Å². The number of nitrogens with one attached hydrogen (secondary N) is 2. The Bertz CT molecular complexity index is 2230. The third-order valence-corrected chi connectivity index (χ3v) is 12.9. The third-order valence-electron chi connectivity index (χ3n) is 12.9. The van der Waals surface area contributed by atoms with Crippen molar-refractivity contribution < 1.29 is 28.8 Å². The van der Waals surface area contributed by atoms with Crippen LogP contribution in [-0.2, 0) is 9.59 Å². The van der Waals surface area contributed by atoms with Crippen LogP contribution in [0.15, 0.2) is 48.7 Å². The quantitative estimate of drug-likeness (QED) is 0.250. The second-order valence-corrected chi connectivity index (χ2v) is 16.7. The molecule has 60 heavy (non-hydrogen) atoms. The Morgan fingerprint density at radius 1 is 0.817 bits per heavy atom. The number of carbonyl (C=O) groups is 6. The van der Waals surface area contributed by atoms with Gasteiger partial charge in [0.15, 0.2) is 11.5 Å². The number of anilines is 5. The van der Waals surface area contributed by atoms with E-state index < -0.39 is 35.6 Å². The summed E-state index contributed by atoms with van der Waals surface area (Å²) in [4.78, 5) is 98.8. The molecule has 0 aliphatic carbocycles. The molecule has 2 aromatic carbocycles. The van der Waals surface area contributed by atoms with Gasteiger partial charge in [-0.1, -0.05) is 0 Å². The van der Waals surface area contributed by atoms with Crippen LogP contribution in [0, 0.1) is 5.92 Å². The molecule has 6 aliphatic heterocycles. The first-order valence-corrected chi connectivity index (χ1v) is 20.9. The number of piperazine rings is 1. The predicted molar refractivity (Wildman–Crippen MR) is 222 cm³/mol. The molecule has 1 aromatic heterocycles. The summed E-state index contributed by atoms with van der Waals surface area (Å²) in [5.74, 6) is -1.29. The van der Waals surface area contributed by atoms with Crippen molar-refractivity contribution >= 4 is 64.3 Å². The van der Waals surface area contributed by atoms with Gasteiger partial charge in [0.05, 0.1) is 23.4 Å². The summed E-state index contributed by atoms with van der Waals surface area (Å²) in [5.41, 5.74) is 9.10. The fourth-order valence-corrected chi connectivity index (χ4v) is 9.54. The van der Waals surface area contributed by atoms with Crippen molar-refractivity contribution in [3.63, 3.8) is 0 Å². The number of hydrogen-bond acceptors (Lipinski definition) is 13. The Morgan fingerprint density at radius 3 is 2.32 bits per heavy atom. The number of aromatic nitrogens is 2. The number of hydrogen-bond donors (Lipinski definition) is 3. The van der Waals surface area contributed by atoms with Crippen LogP contribution >= 0.6 is 0 Å².